The summed E-state index contributed by atoms with van der Waals surface area (Å²) in [5, 5.41) is 0. The van der Waals surface area contributed by atoms with E-state index in [0.29, 0.717) is 0 Å². The zero-order chi connectivity index (χ0) is 15.1. The number of halogens is 1. The number of benzene rings is 2. The maximum atomic E-state index is 13.1. The van der Waals surface area contributed by atoms with Gasteiger partial charge in [-0.25, -0.2) is 4.39 Å². The van der Waals surface area contributed by atoms with E-state index in [9.17, 15) is 4.39 Å². The van der Waals surface area contributed by atoms with Crippen molar-refractivity contribution in [2.75, 3.05) is 12.9 Å². The Morgan fingerprint density at radius 1 is 1.24 bits per heavy atom. The van der Waals surface area contributed by atoms with E-state index in [2.05, 4.69) is 5.43 Å². The molecule has 2 rings (SSSR count). The van der Waals surface area contributed by atoms with Crippen molar-refractivity contribution in [1.29, 1.82) is 0 Å². The average molecular weight is 306 g/mol. The molecule has 0 radical (unpaired) electrons. The van der Waals surface area contributed by atoms with Crippen LogP contribution in [-0.2, 0) is 6.42 Å². The van der Waals surface area contributed by atoms with Gasteiger partial charge >= 0.3 is 0 Å². The van der Waals surface area contributed by atoms with E-state index < -0.39 is 0 Å². The minimum atomic E-state index is -0.220. The summed E-state index contributed by atoms with van der Waals surface area (Å²) in [7, 11) is 1.66. The predicted octanol–water partition coefficient (Wildman–Crippen LogP) is 3.00. The zero-order valence-corrected chi connectivity index (χ0v) is 12.7. The van der Waals surface area contributed by atoms with Crippen molar-refractivity contribution in [1.82, 2.24) is 5.43 Å². The molecule has 2 aromatic rings. The number of methoxy groups -OCH3 is 1. The summed E-state index contributed by atoms with van der Waals surface area (Å²) in [6, 6.07) is 14.5. The van der Waals surface area contributed by atoms with Gasteiger partial charge in [0.05, 0.1) is 7.11 Å². The van der Waals surface area contributed by atoms with Crippen molar-refractivity contribution in [3.05, 3.63) is 59.9 Å². The second-order valence-corrected chi connectivity index (χ2v) is 5.74. The van der Waals surface area contributed by atoms with Crippen molar-refractivity contribution >= 4 is 11.8 Å². The SMILES string of the molecule is COc1ccccc1CC(CSc1cccc(F)c1)NN. The van der Waals surface area contributed by atoms with Crippen LogP contribution >= 0.6 is 11.8 Å². The lowest BCUT2D eigenvalue weighted by Crippen LogP contribution is -2.38. The molecule has 0 fully saturated rings. The number of hydrogen-bond acceptors (Lipinski definition) is 4. The fraction of sp³-hybridized carbons (Fsp3) is 0.250. The standard InChI is InChI=1S/C16H19FN2OS/c1-20-16-8-3-2-5-12(16)9-14(19-18)11-21-15-7-4-6-13(17)10-15/h2-8,10,14,19H,9,11,18H2,1H3. The van der Waals surface area contributed by atoms with Gasteiger partial charge < -0.3 is 4.74 Å². The highest BCUT2D eigenvalue weighted by Gasteiger charge is 2.11. The number of ether oxygens (including phenoxy) is 1. The van der Waals surface area contributed by atoms with Crippen molar-refractivity contribution in [3.8, 4) is 5.75 Å². The molecule has 1 unspecified atom stereocenters. The van der Waals surface area contributed by atoms with Gasteiger partial charge in [-0.1, -0.05) is 24.3 Å². The highest BCUT2D eigenvalue weighted by atomic mass is 32.2. The van der Waals surface area contributed by atoms with Gasteiger partial charge in [0.1, 0.15) is 11.6 Å². The van der Waals surface area contributed by atoms with E-state index in [0.717, 1.165) is 28.4 Å². The van der Waals surface area contributed by atoms with Crippen LogP contribution in [0.15, 0.2) is 53.4 Å². The monoisotopic (exact) mass is 306 g/mol. The Bertz CT molecular complexity index is 580. The fourth-order valence-corrected chi connectivity index (χ4v) is 3.04. The number of hydrazine groups is 1. The maximum Gasteiger partial charge on any atom is 0.124 e. The van der Waals surface area contributed by atoms with Gasteiger partial charge in [0, 0.05) is 16.7 Å². The molecular weight excluding hydrogens is 287 g/mol. The highest BCUT2D eigenvalue weighted by molar-refractivity contribution is 7.99. The first-order valence-corrected chi connectivity index (χ1v) is 7.68. The summed E-state index contributed by atoms with van der Waals surface area (Å²) in [4.78, 5) is 0.898. The molecule has 0 aromatic heterocycles. The first kappa shape index (κ1) is 15.8. The van der Waals surface area contributed by atoms with Crippen LogP contribution in [0.4, 0.5) is 4.39 Å². The highest BCUT2D eigenvalue weighted by Crippen LogP contribution is 2.23. The van der Waals surface area contributed by atoms with Crippen molar-refractivity contribution in [2.24, 2.45) is 5.84 Å². The van der Waals surface area contributed by atoms with Gasteiger partial charge in [0.2, 0.25) is 0 Å². The Balaban J connectivity index is 1.97. The Kier molecular flexibility index (Phi) is 6.04. The molecule has 0 saturated heterocycles. The maximum absolute atomic E-state index is 13.1. The third-order valence-electron chi connectivity index (χ3n) is 3.14. The number of nitrogens with two attached hydrogens (primary N) is 1. The van der Waals surface area contributed by atoms with E-state index in [-0.39, 0.29) is 11.9 Å². The van der Waals surface area contributed by atoms with Crippen molar-refractivity contribution < 1.29 is 9.13 Å². The van der Waals surface area contributed by atoms with Crippen LogP contribution in [0.2, 0.25) is 0 Å². The molecule has 0 aliphatic carbocycles. The summed E-state index contributed by atoms with van der Waals surface area (Å²) >= 11 is 1.58. The van der Waals surface area contributed by atoms with E-state index in [1.807, 2.05) is 30.3 Å². The first-order chi connectivity index (χ1) is 10.2. The van der Waals surface area contributed by atoms with Crippen molar-refractivity contribution in [2.45, 2.75) is 17.4 Å². The molecule has 0 saturated carbocycles. The quantitative estimate of drug-likeness (QED) is 0.469. The van der Waals surface area contributed by atoms with Crippen molar-refractivity contribution in [3.63, 3.8) is 0 Å². The molecule has 3 nitrogen and oxygen atoms in total. The summed E-state index contributed by atoms with van der Waals surface area (Å²) in [5.41, 5.74) is 3.92. The van der Waals surface area contributed by atoms with Gasteiger partial charge in [-0.05, 0) is 36.2 Å². The average Bonchev–Trinajstić information content (AvgIpc) is 2.52. The molecule has 112 valence electrons. The molecule has 21 heavy (non-hydrogen) atoms. The molecule has 0 spiro atoms. The van der Waals surface area contributed by atoms with Crippen LogP contribution in [-0.4, -0.2) is 18.9 Å². The van der Waals surface area contributed by atoms with Gasteiger partial charge in [-0.15, -0.1) is 11.8 Å². The molecule has 2 aromatic carbocycles. The van der Waals surface area contributed by atoms with Gasteiger partial charge in [0.25, 0.3) is 0 Å². The lowest BCUT2D eigenvalue weighted by atomic mass is 10.1. The Labute approximate surface area is 128 Å². The molecule has 0 aliphatic heterocycles. The number of rotatable bonds is 7. The van der Waals surface area contributed by atoms with Gasteiger partial charge in [-0.2, -0.15) is 0 Å². The molecular formula is C16H19FN2OS. The van der Waals surface area contributed by atoms with Crippen LogP contribution in [0.1, 0.15) is 5.56 Å². The lowest BCUT2D eigenvalue weighted by Gasteiger charge is -2.17. The fourth-order valence-electron chi connectivity index (χ4n) is 2.06. The van der Waals surface area contributed by atoms with E-state index in [4.69, 9.17) is 10.6 Å². The number of hydrogen-bond donors (Lipinski definition) is 2. The van der Waals surface area contributed by atoms with Crippen LogP contribution in [0.25, 0.3) is 0 Å². The summed E-state index contributed by atoms with van der Waals surface area (Å²) < 4.78 is 18.5. The molecule has 0 aliphatic rings. The Morgan fingerprint density at radius 3 is 2.76 bits per heavy atom. The molecule has 0 amide bonds. The Morgan fingerprint density at radius 2 is 2.05 bits per heavy atom. The van der Waals surface area contributed by atoms with E-state index in [1.54, 1.807) is 24.9 Å². The predicted molar refractivity (Wildman–Crippen MR) is 84.9 cm³/mol. The van der Waals surface area contributed by atoms with Gasteiger partial charge in [0.15, 0.2) is 0 Å². The number of thioether (sulfide) groups is 1. The topological polar surface area (TPSA) is 47.3 Å². The third-order valence-corrected chi connectivity index (χ3v) is 4.30. The zero-order valence-electron chi connectivity index (χ0n) is 11.9. The smallest absolute Gasteiger partial charge is 0.124 e. The minimum absolute atomic E-state index is 0.0783. The molecule has 1 atom stereocenters. The van der Waals surface area contributed by atoms with E-state index in [1.165, 1.54) is 12.1 Å². The number of nitrogens with one attached hydrogen (secondary N) is 1. The normalized spacial score (nSPS) is 12.1. The third kappa shape index (κ3) is 4.74. The molecule has 0 bridgehead atoms. The summed E-state index contributed by atoms with van der Waals surface area (Å²) in [6.07, 6.45) is 0.753. The van der Waals surface area contributed by atoms with Crippen LogP contribution in [0.3, 0.4) is 0 Å². The molecule has 3 N–H and O–H groups in total. The van der Waals surface area contributed by atoms with Crippen LogP contribution in [0.5, 0.6) is 5.75 Å². The second-order valence-electron chi connectivity index (χ2n) is 4.65. The second kappa shape index (κ2) is 8.02. The van der Waals surface area contributed by atoms with Crippen LogP contribution < -0.4 is 16.0 Å². The summed E-state index contributed by atoms with van der Waals surface area (Å²) in [5.74, 6) is 7.01. The first-order valence-electron chi connectivity index (χ1n) is 6.69. The molecule has 0 heterocycles. The molecule has 5 heteroatoms. The Hall–Kier alpha value is -1.56. The summed E-state index contributed by atoms with van der Waals surface area (Å²) in [6.45, 7) is 0. The number of para-hydroxylation sites is 1. The lowest BCUT2D eigenvalue weighted by molar-refractivity contribution is 0.406. The van der Waals surface area contributed by atoms with Gasteiger partial charge in [-0.3, -0.25) is 11.3 Å². The minimum Gasteiger partial charge on any atom is -0.496 e. The van der Waals surface area contributed by atoms with E-state index >= 15 is 0 Å². The largest absolute Gasteiger partial charge is 0.496 e. The van der Waals surface area contributed by atoms with Crippen LogP contribution in [0, 0.1) is 5.82 Å².